The molecule has 0 amide bonds. The van der Waals surface area contributed by atoms with Crippen molar-refractivity contribution in [1.29, 1.82) is 0 Å². The first kappa shape index (κ1) is 12.6. The van der Waals surface area contributed by atoms with Gasteiger partial charge in [-0.25, -0.2) is 4.79 Å². The third-order valence-electron chi connectivity index (χ3n) is 2.47. The van der Waals surface area contributed by atoms with Crippen molar-refractivity contribution in [1.82, 2.24) is 0 Å². The second-order valence-corrected chi connectivity index (χ2v) is 3.73. The highest BCUT2D eigenvalue weighted by Crippen LogP contribution is 2.23. The standard InChI is InChI=1S/C12H10N2O5/c15-12(16)10-4-3-8(6-11(10)14(17)18)13-7-9-2-1-5-19-9/h1-6,13H,7H2,(H,15,16). The second-order valence-electron chi connectivity index (χ2n) is 3.73. The van der Waals surface area contributed by atoms with Crippen LogP contribution in [0.1, 0.15) is 16.1 Å². The predicted molar refractivity (Wildman–Crippen MR) is 66.1 cm³/mol. The molecule has 2 aromatic rings. The van der Waals surface area contributed by atoms with E-state index in [0.29, 0.717) is 18.0 Å². The van der Waals surface area contributed by atoms with Gasteiger partial charge in [0, 0.05) is 11.8 Å². The van der Waals surface area contributed by atoms with Crippen molar-refractivity contribution in [2.75, 3.05) is 5.32 Å². The van der Waals surface area contributed by atoms with Gasteiger partial charge in [0.1, 0.15) is 11.3 Å². The molecule has 1 heterocycles. The molecule has 2 N–H and O–H groups in total. The van der Waals surface area contributed by atoms with E-state index in [0.717, 1.165) is 0 Å². The highest BCUT2D eigenvalue weighted by atomic mass is 16.6. The van der Waals surface area contributed by atoms with Crippen LogP contribution in [0.25, 0.3) is 0 Å². The molecule has 0 saturated heterocycles. The summed E-state index contributed by atoms with van der Waals surface area (Å²) >= 11 is 0. The van der Waals surface area contributed by atoms with Crippen LogP contribution in [0.5, 0.6) is 0 Å². The molecule has 7 heteroatoms. The SMILES string of the molecule is O=C(O)c1ccc(NCc2ccco2)cc1[N+](=O)[O-]. The average Bonchev–Trinajstić information content (AvgIpc) is 2.88. The lowest BCUT2D eigenvalue weighted by Gasteiger charge is -2.05. The molecule has 1 aromatic carbocycles. The lowest BCUT2D eigenvalue weighted by molar-refractivity contribution is -0.385. The minimum Gasteiger partial charge on any atom is -0.477 e. The lowest BCUT2D eigenvalue weighted by Crippen LogP contribution is -2.04. The first-order valence-corrected chi connectivity index (χ1v) is 5.36. The number of carboxylic acid groups (broad SMARTS) is 1. The van der Waals surface area contributed by atoms with Crippen molar-refractivity contribution in [3.63, 3.8) is 0 Å². The summed E-state index contributed by atoms with van der Waals surface area (Å²) in [4.78, 5) is 20.9. The number of anilines is 1. The molecule has 0 spiro atoms. The molecule has 19 heavy (non-hydrogen) atoms. The van der Waals surface area contributed by atoms with Crippen LogP contribution < -0.4 is 5.32 Å². The molecule has 2 rings (SSSR count). The first-order valence-electron chi connectivity index (χ1n) is 5.36. The van der Waals surface area contributed by atoms with Gasteiger partial charge < -0.3 is 14.8 Å². The fourth-order valence-electron chi connectivity index (χ4n) is 1.58. The van der Waals surface area contributed by atoms with Crippen LogP contribution in [0.15, 0.2) is 41.0 Å². The summed E-state index contributed by atoms with van der Waals surface area (Å²) < 4.78 is 5.10. The van der Waals surface area contributed by atoms with Gasteiger partial charge >= 0.3 is 5.97 Å². The summed E-state index contributed by atoms with van der Waals surface area (Å²) in [5.41, 5.74) is -0.335. The number of carbonyl (C=O) groups is 1. The number of aromatic carboxylic acids is 1. The number of nitrogens with one attached hydrogen (secondary N) is 1. The molecule has 0 bridgehead atoms. The molecule has 7 nitrogen and oxygen atoms in total. The molecule has 0 radical (unpaired) electrons. The summed E-state index contributed by atoms with van der Waals surface area (Å²) in [6, 6.07) is 7.34. The van der Waals surface area contributed by atoms with Crippen molar-refractivity contribution in [3.05, 3.63) is 58.0 Å². The minimum atomic E-state index is -1.33. The van der Waals surface area contributed by atoms with Gasteiger partial charge in [0.25, 0.3) is 5.69 Å². The van der Waals surface area contributed by atoms with Gasteiger partial charge in [-0.15, -0.1) is 0 Å². The van der Waals surface area contributed by atoms with Gasteiger partial charge in [0.05, 0.1) is 17.7 Å². The third kappa shape index (κ3) is 2.89. The van der Waals surface area contributed by atoms with E-state index in [4.69, 9.17) is 9.52 Å². The van der Waals surface area contributed by atoms with Gasteiger partial charge in [-0.05, 0) is 24.3 Å². The maximum atomic E-state index is 10.8. The Hall–Kier alpha value is -2.83. The van der Waals surface area contributed by atoms with Crippen LogP contribution in [-0.4, -0.2) is 16.0 Å². The number of nitrogens with zero attached hydrogens (tertiary/aromatic N) is 1. The molecule has 0 aliphatic heterocycles. The van der Waals surface area contributed by atoms with Crippen molar-refractivity contribution in [2.45, 2.75) is 6.54 Å². The Bertz CT molecular complexity index is 607. The first-order chi connectivity index (χ1) is 9.08. The Morgan fingerprint density at radius 3 is 2.79 bits per heavy atom. The number of nitro groups is 1. The topological polar surface area (TPSA) is 106 Å². The number of hydrogen-bond donors (Lipinski definition) is 2. The fourth-order valence-corrected chi connectivity index (χ4v) is 1.58. The Labute approximate surface area is 107 Å². The Balaban J connectivity index is 2.20. The van der Waals surface area contributed by atoms with Gasteiger partial charge in [0.15, 0.2) is 0 Å². The molecule has 0 aliphatic carbocycles. The van der Waals surface area contributed by atoms with E-state index in [-0.39, 0.29) is 5.56 Å². The zero-order chi connectivity index (χ0) is 13.8. The highest BCUT2D eigenvalue weighted by molar-refractivity contribution is 5.93. The molecule has 0 unspecified atom stereocenters. The number of hydrogen-bond acceptors (Lipinski definition) is 5. The van der Waals surface area contributed by atoms with Crippen molar-refractivity contribution >= 4 is 17.3 Å². The zero-order valence-electron chi connectivity index (χ0n) is 9.70. The summed E-state index contributed by atoms with van der Waals surface area (Å²) in [5.74, 6) is -0.658. The Morgan fingerprint density at radius 1 is 1.42 bits per heavy atom. The smallest absolute Gasteiger partial charge is 0.342 e. The molecule has 0 fully saturated rings. The predicted octanol–water partition coefficient (Wildman–Crippen LogP) is 2.50. The zero-order valence-corrected chi connectivity index (χ0v) is 9.70. The lowest BCUT2D eigenvalue weighted by atomic mass is 10.1. The van der Waals surface area contributed by atoms with Gasteiger partial charge in [-0.1, -0.05) is 0 Å². The molecule has 0 aliphatic rings. The normalized spacial score (nSPS) is 10.1. The molecule has 0 atom stereocenters. The van der Waals surface area contributed by atoms with E-state index in [1.807, 2.05) is 0 Å². The molecular formula is C12H10N2O5. The Morgan fingerprint density at radius 2 is 2.21 bits per heavy atom. The number of benzene rings is 1. The van der Waals surface area contributed by atoms with Gasteiger partial charge in [-0.3, -0.25) is 10.1 Å². The fraction of sp³-hybridized carbons (Fsp3) is 0.0833. The van der Waals surface area contributed by atoms with Crippen LogP contribution in [0.3, 0.4) is 0 Å². The molecule has 98 valence electrons. The minimum absolute atomic E-state index is 0.339. The van der Waals surface area contributed by atoms with E-state index >= 15 is 0 Å². The van der Waals surface area contributed by atoms with Crippen LogP contribution in [0, 0.1) is 10.1 Å². The Kier molecular flexibility index (Phi) is 3.46. The number of carboxylic acids is 1. The van der Waals surface area contributed by atoms with E-state index in [1.165, 1.54) is 24.5 Å². The summed E-state index contributed by atoms with van der Waals surface area (Å²) in [5, 5.41) is 22.6. The summed E-state index contributed by atoms with van der Waals surface area (Å²) in [6.45, 7) is 0.358. The van der Waals surface area contributed by atoms with Crippen LogP contribution in [-0.2, 0) is 6.54 Å². The van der Waals surface area contributed by atoms with Gasteiger partial charge in [-0.2, -0.15) is 0 Å². The number of furan rings is 1. The summed E-state index contributed by atoms with van der Waals surface area (Å²) in [6.07, 6.45) is 1.52. The monoisotopic (exact) mass is 262 g/mol. The van der Waals surface area contributed by atoms with Crippen molar-refractivity contribution in [3.8, 4) is 0 Å². The maximum Gasteiger partial charge on any atom is 0.342 e. The molecule has 1 aromatic heterocycles. The average molecular weight is 262 g/mol. The number of rotatable bonds is 5. The van der Waals surface area contributed by atoms with Crippen LogP contribution >= 0.6 is 0 Å². The second kappa shape index (κ2) is 5.21. The highest BCUT2D eigenvalue weighted by Gasteiger charge is 2.19. The number of nitro benzene ring substituents is 1. The van der Waals surface area contributed by atoms with Crippen LogP contribution in [0.2, 0.25) is 0 Å². The van der Waals surface area contributed by atoms with Gasteiger partial charge in [0.2, 0.25) is 0 Å². The van der Waals surface area contributed by atoms with Crippen molar-refractivity contribution in [2.24, 2.45) is 0 Å². The largest absolute Gasteiger partial charge is 0.477 e. The molecule has 0 saturated carbocycles. The van der Waals surface area contributed by atoms with E-state index in [2.05, 4.69) is 5.32 Å². The molecular weight excluding hydrogens is 252 g/mol. The van der Waals surface area contributed by atoms with Crippen LogP contribution in [0.4, 0.5) is 11.4 Å². The van der Waals surface area contributed by atoms with Crippen molar-refractivity contribution < 1.29 is 19.2 Å². The van der Waals surface area contributed by atoms with E-state index in [9.17, 15) is 14.9 Å². The third-order valence-corrected chi connectivity index (χ3v) is 2.47. The quantitative estimate of drug-likeness (QED) is 0.633. The van der Waals surface area contributed by atoms with E-state index in [1.54, 1.807) is 12.1 Å². The van der Waals surface area contributed by atoms with E-state index < -0.39 is 16.6 Å². The maximum absolute atomic E-state index is 10.8. The summed E-state index contributed by atoms with van der Waals surface area (Å²) in [7, 11) is 0.